The molecule has 0 aliphatic carbocycles. The van der Waals surface area contributed by atoms with Crippen LogP contribution in [-0.4, -0.2) is 9.13 Å². The van der Waals surface area contributed by atoms with Crippen molar-refractivity contribution in [1.29, 1.82) is 5.26 Å². The lowest BCUT2D eigenvalue weighted by atomic mass is 9.98. The van der Waals surface area contributed by atoms with Crippen LogP contribution in [0.25, 0.3) is 86.3 Å². The van der Waals surface area contributed by atoms with E-state index in [9.17, 15) is 5.26 Å². The summed E-state index contributed by atoms with van der Waals surface area (Å²) >= 11 is 1.78. The Bertz CT molecular complexity index is 2910. The van der Waals surface area contributed by atoms with Gasteiger partial charge in [0.25, 0.3) is 0 Å². The zero-order chi connectivity index (χ0) is 31.1. The summed E-state index contributed by atoms with van der Waals surface area (Å²) in [6, 6.07) is 56.7. The van der Waals surface area contributed by atoms with Crippen LogP contribution in [0.2, 0.25) is 0 Å². The molecule has 0 amide bonds. The predicted octanol–water partition coefficient (Wildman–Crippen LogP) is 11.8. The van der Waals surface area contributed by atoms with Crippen LogP contribution in [0.3, 0.4) is 0 Å². The molecule has 0 N–H and O–H groups in total. The second kappa shape index (κ2) is 9.92. The molecule has 0 atom stereocenters. The van der Waals surface area contributed by atoms with E-state index in [-0.39, 0.29) is 0 Å². The number of nitrogens with zero attached hydrogens (tertiary/aromatic N) is 3. The van der Waals surface area contributed by atoms with Crippen LogP contribution in [0.1, 0.15) is 5.56 Å². The molecular weight excluding hydrogens is 591 g/mol. The van der Waals surface area contributed by atoms with Crippen molar-refractivity contribution < 1.29 is 0 Å². The minimum atomic E-state index is 0.688. The van der Waals surface area contributed by atoms with Gasteiger partial charge in [-0.05, 0) is 90.0 Å². The van der Waals surface area contributed by atoms with Gasteiger partial charge in [-0.1, -0.05) is 72.8 Å². The van der Waals surface area contributed by atoms with Crippen LogP contribution in [0.5, 0.6) is 0 Å². The highest BCUT2D eigenvalue weighted by Crippen LogP contribution is 2.42. The molecule has 0 saturated carbocycles. The minimum Gasteiger partial charge on any atom is -0.309 e. The molecule has 0 saturated heterocycles. The van der Waals surface area contributed by atoms with E-state index >= 15 is 0 Å². The first-order chi connectivity index (χ1) is 23.3. The molecule has 218 valence electrons. The molecule has 10 aromatic rings. The lowest BCUT2D eigenvalue weighted by molar-refractivity contribution is 1.18. The predicted molar refractivity (Wildman–Crippen MR) is 198 cm³/mol. The van der Waals surface area contributed by atoms with Crippen LogP contribution >= 0.6 is 11.3 Å². The summed E-state index contributed by atoms with van der Waals surface area (Å²) in [4.78, 5) is 0. The molecule has 0 spiro atoms. The summed E-state index contributed by atoms with van der Waals surface area (Å²) in [5.41, 5.74) is 10.1. The standard InChI is InChI=1S/C43H25N3S/c44-26-27-17-21-41-35(23-27)36-25-30(19-22-42(36)47-41)46-38-15-7-5-12-33(38)43-31(13-8-16-40(43)46)28-18-20-39-34(24-28)32-11-4-6-14-37(32)45(39)29-9-2-1-3-10-29/h1-25H. The summed E-state index contributed by atoms with van der Waals surface area (Å²) < 4.78 is 7.18. The Kier molecular flexibility index (Phi) is 5.51. The molecule has 47 heavy (non-hydrogen) atoms. The van der Waals surface area contributed by atoms with Gasteiger partial charge in [0.1, 0.15) is 0 Å². The van der Waals surface area contributed by atoms with Crippen LogP contribution in [0.15, 0.2) is 152 Å². The highest BCUT2D eigenvalue weighted by atomic mass is 32.1. The normalized spacial score (nSPS) is 11.8. The minimum absolute atomic E-state index is 0.688. The van der Waals surface area contributed by atoms with E-state index in [1.807, 2.05) is 12.1 Å². The molecule has 0 unspecified atom stereocenters. The fourth-order valence-corrected chi connectivity index (χ4v) is 8.57. The smallest absolute Gasteiger partial charge is 0.0991 e. The highest BCUT2D eigenvalue weighted by Gasteiger charge is 2.19. The molecule has 3 nitrogen and oxygen atoms in total. The van der Waals surface area contributed by atoms with Crippen LogP contribution in [0, 0.1) is 11.3 Å². The van der Waals surface area contributed by atoms with E-state index in [0.29, 0.717) is 5.56 Å². The average molecular weight is 616 g/mol. The first kappa shape index (κ1) is 26.1. The molecule has 3 heterocycles. The third-order valence-electron chi connectivity index (χ3n) is 9.54. The summed E-state index contributed by atoms with van der Waals surface area (Å²) in [6.07, 6.45) is 0. The first-order valence-electron chi connectivity index (χ1n) is 15.7. The maximum atomic E-state index is 9.58. The molecular formula is C43H25N3S. The molecule has 0 bridgehead atoms. The van der Waals surface area contributed by atoms with Crippen molar-refractivity contribution in [1.82, 2.24) is 9.13 Å². The SMILES string of the molecule is N#Cc1ccc2sc3ccc(-n4c5ccccc5c5c(-c6ccc7c(c6)c6ccccc6n7-c6ccccc6)cccc54)cc3c2c1. The maximum Gasteiger partial charge on any atom is 0.0991 e. The van der Waals surface area contributed by atoms with Crippen molar-refractivity contribution in [2.45, 2.75) is 0 Å². The summed E-state index contributed by atoms with van der Waals surface area (Å²) in [7, 11) is 0. The number of hydrogen-bond acceptors (Lipinski definition) is 2. The van der Waals surface area contributed by atoms with Crippen molar-refractivity contribution in [3.05, 3.63) is 157 Å². The van der Waals surface area contributed by atoms with Gasteiger partial charge in [0, 0.05) is 53.1 Å². The molecule has 10 rings (SSSR count). The van der Waals surface area contributed by atoms with Gasteiger partial charge in [-0.15, -0.1) is 11.3 Å². The van der Waals surface area contributed by atoms with E-state index in [4.69, 9.17) is 0 Å². The molecule has 0 aliphatic rings. The largest absolute Gasteiger partial charge is 0.309 e. The summed E-state index contributed by atoms with van der Waals surface area (Å²) in [5.74, 6) is 0. The maximum absolute atomic E-state index is 9.58. The molecule has 0 fully saturated rings. The van der Waals surface area contributed by atoms with Gasteiger partial charge >= 0.3 is 0 Å². The second-order valence-electron chi connectivity index (χ2n) is 12.1. The molecule has 4 heteroatoms. The van der Waals surface area contributed by atoms with Crippen molar-refractivity contribution in [2.75, 3.05) is 0 Å². The number of hydrogen-bond donors (Lipinski definition) is 0. The third-order valence-corrected chi connectivity index (χ3v) is 10.7. The fourth-order valence-electron chi connectivity index (χ4n) is 7.51. The van der Waals surface area contributed by atoms with Crippen LogP contribution < -0.4 is 0 Å². The van der Waals surface area contributed by atoms with Gasteiger partial charge in [-0.25, -0.2) is 0 Å². The first-order valence-corrected chi connectivity index (χ1v) is 16.6. The fraction of sp³-hybridized carbons (Fsp3) is 0. The van der Waals surface area contributed by atoms with E-state index in [1.165, 1.54) is 69.5 Å². The molecule has 7 aromatic carbocycles. The average Bonchev–Trinajstić information content (AvgIpc) is 3.78. The van der Waals surface area contributed by atoms with Crippen LogP contribution in [0.4, 0.5) is 0 Å². The lowest BCUT2D eigenvalue weighted by Crippen LogP contribution is -1.93. The van der Waals surface area contributed by atoms with Crippen molar-refractivity contribution in [3.63, 3.8) is 0 Å². The number of fused-ring (bicyclic) bond motifs is 9. The van der Waals surface area contributed by atoms with Gasteiger partial charge in [0.05, 0.1) is 33.7 Å². The van der Waals surface area contributed by atoms with Crippen molar-refractivity contribution in [3.8, 4) is 28.6 Å². The monoisotopic (exact) mass is 615 g/mol. The lowest BCUT2D eigenvalue weighted by Gasteiger charge is -2.10. The van der Waals surface area contributed by atoms with Crippen molar-refractivity contribution in [2.24, 2.45) is 0 Å². The highest BCUT2D eigenvalue weighted by molar-refractivity contribution is 7.25. The quantitative estimate of drug-likeness (QED) is 0.195. The van der Waals surface area contributed by atoms with Gasteiger partial charge < -0.3 is 9.13 Å². The third kappa shape index (κ3) is 3.78. The molecule has 3 aromatic heterocycles. The second-order valence-corrected chi connectivity index (χ2v) is 13.2. The van der Waals surface area contributed by atoms with E-state index in [2.05, 4.69) is 155 Å². The summed E-state index contributed by atoms with van der Waals surface area (Å²) in [6.45, 7) is 0. The Balaban J connectivity index is 1.23. The van der Waals surface area contributed by atoms with E-state index in [0.717, 1.165) is 16.8 Å². The van der Waals surface area contributed by atoms with Gasteiger partial charge in [-0.3, -0.25) is 0 Å². The topological polar surface area (TPSA) is 33.6 Å². The van der Waals surface area contributed by atoms with Gasteiger partial charge in [0.15, 0.2) is 0 Å². The Morgan fingerprint density at radius 2 is 1.11 bits per heavy atom. The van der Waals surface area contributed by atoms with E-state index < -0.39 is 0 Å². The molecule has 0 aliphatic heterocycles. The number of aromatic nitrogens is 2. The zero-order valence-electron chi connectivity index (χ0n) is 25.2. The summed E-state index contributed by atoms with van der Waals surface area (Å²) in [5, 5.41) is 16.9. The Labute approximate surface area is 274 Å². The number of thiophene rings is 1. The number of rotatable bonds is 3. The van der Waals surface area contributed by atoms with Gasteiger partial charge in [0.2, 0.25) is 0 Å². The van der Waals surface area contributed by atoms with Gasteiger partial charge in [-0.2, -0.15) is 5.26 Å². The molecule has 0 radical (unpaired) electrons. The Hall–Kier alpha value is -6.15. The van der Waals surface area contributed by atoms with E-state index in [1.54, 1.807) is 11.3 Å². The Morgan fingerprint density at radius 1 is 0.447 bits per heavy atom. The zero-order valence-corrected chi connectivity index (χ0v) is 26.0. The Morgan fingerprint density at radius 3 is 1.94 bits per heavy atom. The number of nitriles is 1. The van der Waals surface area contributed by atoms with Crippen LogP contribution in [-0.2, 0) is 0 Å². The number of para-hydroxylation sites is 3. The van der Waals surface area contributed by atoms with Crippen molar-refractivity contribution >= 4 is 75.1 Å². The number of benzene rings is 7.